The van der Waals surface area contributed by atoms with Crippen molar-refractivity contribution in [3.63, 3.8) is 0 Å². The summed E-state index contributed by atoms with van der Waals surface area (Å²) >= 11 is 0. The molecule has 5 N–H and O–H groups in total. The summed E-state index contributed by atoms with van der Waals surface area (Å²) in [6, 6.07) is 16.4. The van der Waals surface area contributed by atoms with Gasteiger partial charge in [-0.15, -0.1) is 0 Å². The van der Waals surface area contributed by atoms with Crippen molar-refractivity contribution in [2.45, 2.75) is 38.1 Å². The van der Waals surface area contributed by atoms with Crippen LogP contribution in [0.3, 0.4) is 0 Å². The molecule has 1 aliphatic carbocycles. The molecule has 1 fully saturated rings. The van der Waals surface area contributed by atoms with Crippen LogP contribution in [-0.4, -0.2) is 52.9 Å². The molecule has 3 rings (SSSR count). The highest BCUT2D eigenvalue weighted by Crippen LogP contribution is 2.20. The molecular formula is C26H29N3O6. The maximum absolute atomic E-state index is 12.8. The Labute approximate surface area is 203 Å². The Balaban J connectivity index is 1.67. The summed E-state index contributed by atoms with van der Waals surface area (Å²) in [6.07, 6.45) is 4.52. The topological polar surface area (TPSA) is 145 Å². The third-order valence-electron chi connectivity index (χ3n) is 5.76. The normalized spacial score (nSPS) is 14.4. The van der Waals surface area contributed by atoms with Gasteiger partial charge in [-0.05, 0) is 24.0 Å². The summed E-state index contributed by atoms with van der Waals surface area (Å²) in [6.45, 7) is -1.13. The molecule has 0 spiro atoms. The molecule has 2 aromatic carbocycles. The summed E-state index contributed by atoms with van der Waals surface area (Å²) in [5.41, 5.74) is 1.65. The number of hydrogen-bond acceptors (Lipinski definition) is 6. The van der Waals surface area contributed by atoms with Crippen LogP contribution in [-0.2, 0) is 14.4 Å². The molecule has 0 heterocycles. The van der Waals surface area contributed by atoms with Crippen LogP contribution in [0.5, 0.6) is 0 Å². The van der Waals surface area contributed by atoms with E-state index in [4.69, 9.17) is 5.11 Å². The second-order valence-electron chi connectivity index (χ2n) is 8.33. The minimum Gasteiger partial charge on any atom is -0.494 e. The molecule has 9 heteroatoms. The zero-order chi connectivity index (χ0) is 25.2. The number of carboxylic acids is 1. The van der Waals surface area contributed by atoms with Crippen LogP contribution in [0.4, 0.5) is 0 Å². The van der Waals surface area contributed by atoms with Gasteiger partial charge in [0.1, 0.15) is 6.54 Å². The number of nitrogens with one attached hydrogen (secondary N) is 3. The summed E-state index contributed by atoms with van der Waals surface area (Å²) in [4.78, 5) is 48.7. The van der Waals surface area contributed by atoms with Crippen molar-refractivity contribution in [2.24, 2.45) is 0 Å². The van der Waals surface area contributed by atoms with E-state index in [-0.39, 0.29) is 11.8 Å². The van der Waals surface area contributed by atoms with Gasteiger partial charge in [-0.2, -0.15) is 0 Å². The van der Waals surface area contributed by atoms with Crippen LogP contribution in [0.15, 0.2) is 66.1 Å². The summed E-state index contributed by atoms with van der Waals surface area (Å²) in [5.74, 6) is -4.36. The molecule has 0 atom stereocenters. The van der Waals surface area contributed by atoms with Gasteiger partial charge in [0.15, 0.2) is 11.4 Å². The molecule has 1 saturated carbocycles. The second kappa shape index (κ2) is 12.4. The van der Waals surface area contributed by atoms with Crippen molar-refractivity contribution in [3.8, 4) is 11.1 Å². The SMILES string of the molecule is O=C(O)CNC(=O)/C(C(=O)NCC(=O)c1ccc(-c2ccccc2)cc1)=C(\O)NC1CCCCC1. The quantitative estimate of drug-likeness (QED) is 0.116. The number of benzene rings is 2. The fraction of sp³-hybridized carbons (Fsp3) is 0.308. The molecule has 2 aromatic rings. The fourth-order valence-corrected chi connectivity index (χ4v) is 3.91. The number of aliphatic hydroxyl groups is 1. The lowest BCUT2D eigenvalue weighted by atomic mass is 9.95. The number of amides is 2. The number of carbonyl (C=O) groups excluding carboxylic acids is 3. The first-order valence-corrected chi connectivity index (χ1v) is 11.5. The summed E-state index contributed by atoms with van der Waals surface area (Å²) < 4.78 is 0. The van der Waals surface area contributed by atoms with Gasteiger partial charge in [0.25, 0.3) is 11.8 Å². The number of Topliss-reactive ketones (excluding diaryl/α,β-unsaturated/α-hetero) is 1. The van der Waals surface area contributed by atoms with Crippen molar-refractivity contribution < 1.29 is 29.4 Å². The lowest BCUT2D eigenvalue weighted by Gasteiger charge is -2.24. The maximum atomic E-state index is 12.8. The van der Waals surface area contributed by atoms with E-state index >= 15 is 0 Å². The zero-order valence-electron chi connectivity index (χ0n) is 19.3. The Bertz CT molecular complexity index is 1090. The first-order chi connectivity index (χ1) is 16.8. The Hall–Kier alpha value is -4.14. The van der Waals surface area contributed by atoms with E-state index in [0.29, 0.717) is 5.56 Å². The van der Waals surface area contributed by atoms with Gasteiger partial charge in [0.05, 0.1) is 6.54 Å². The van der Waals surface area contributed by atoms with E-state index in [1.807, 2.05) is 30.3 Å². The monoisotopic (exact) mass is 479 g/mol. The molecule has 0 aromatic heterocycles. The van der Waals surface area contributed by atoms with E-state index in [9.17, 15) is 24.3 Å². The van der Waals surface area contributed by atoms with E-state index in [2.05, 4.69) is 16.0 Å². The minimum absolute atomic E-state index is 0.108. The number of carbonyl (C=O) groups is 4. The summed E-state index contributed by atoms with van der Waals surface area (Å²) in [5, 5.41) is 26.6. The van der Waals surface area contributed by atoms with E-state index in [0.717, 1.165) is 43.2 Å². The van der Waals surface area contributed by atoms with Crippen LogP contribution in [0.25, 0.3) is 11.1 Å². The first kappa shape index (κ1) is 25.5. The van der Waals surface area contributed by atoms with Crippen LogP contribution >= 0.6 is 0 Å². The van der Waals surface area contributed by atoms with Crippen LogP contribution < -0.4 is 16.0 Å². The van der Waals surface area contributed by atoms with E-state index in [1.165, 1.54) is 0 Å². The van der Waals surface area contributed by atoms with Crippen molar-refractivity contribution in [2.75, 3.05) is 13.1 Å². The van der Waals surface area contributed by atoms with Crippen LogP contribution in [0, 0.1) is 0 Å². The van der Waals surface area contributed by atoms with Gasteiger partial charge in [-0.25, -0.2) is 0 Å². The largest absolute Gasteiger partial charge is 0.494 e. The van der Waals surface area contributed by atoms with Crippen molar-refractivity contribution >= 4 is 23.6 Å². The molecule has 0 saturated heterocycles. The highest BCUT2D eigenvalue weighted by atomic mass is 16.4. The van der Waals surface area contributed by atoms with Gasteiger partial charge < -0.3 is 26.2 Å². The molecule has 0 aliphatic heterocycles. The van der Waals surface area contributed by atoms with Gasteiger partial charge in [-0.3, -0.25) is 19.2 Å². The van der Waals surface area contributed by atoms with Gasteiger partial charge in [-0.1, -0.05) is 73.9 Å². The fourth-order valence-electron chi connectivity index (χ4n) is 3.91. The predicted octanol–water partition coefficient (Wildman–Crippen LogP) is 2.55. The van der Waals surface area contributed by atoms with Gasteiger partial charge in [0.2, 0.25) is 5.88 Å². The lowest BCUT2D eigenvalue weighted by molar-refractivity contribution is -0.137. The standard InChI is InChI=1S/C26H29N3O6/c30-21(19-13-11-18(12-14-19)17-7-3-1-4-8-17)15-27-24(33)23(25(34)28-16-22(31)32)26(35)29-20-9-5-2-6-10-20/h1,3-4,7-8,11-14,20,29,35H,2,5-6,9-10,15-16H2,(H,27,33)(H,28,34)(H,31,32)/b26-23-. The minimum atomic E-state index is -1.30. The number of ketones is 1. The molecule has 0 unspecified atom stereocenters. The number of hydrogen-bond donors (Lipinski definition) is 5. The summed E-state index contributed by atoms with van der Waals surface area (Å²) in [7, 11) is 0. The molecule has 0 bridgehead atoms. The Kier molecular flexibility index (Phi) is 9.00. The second-order valence-corrected chi connectivity index (χ2v) is 8.33. The molecule has 35 heavy (non-hydrogen) atoms. The predicted molar refractivity (Wildman–Crippen MR) is 130 cm³/mol. The van der Waals surface area contributed by atoms with Gasteiger partial charge in [0, 0.05) is 11.6 Å². The lowest BCUT2D eigenvalue weighted by Crippen LogP contribution is -2.42. The molecule has 2 amide bonds. The number of rotatable bonds is 10. The number of carboxylic acid groups (broad SMARTS) is 1. The average molecular weight is 480 g/mol. The molecule has 0 radical (unpaired) electrons. The Morgan fingerprint density at radius 2 is 1.31 bits per heavy atom. The van der Waals surface area contributed by atoms with Crippen molar-refractivity contribution in [1.29, 1.82) is 0 Å². The molecule has 9 nitrogen and oxygen atoms in total. The van der Waals surface area contributed by atoms with Gasteiger partial charge >= 0.3 is 5.97 Å². The average Bonchev–Trinajstić information content (AvgIpc) is 2.87. The Morgan fingerprint density at radius 3 is 1.91 bits per heavy atom. The van der Waals surface area contributed by atoms with E-state index in [1.54, 1.807) is 24.3 Å². The highest BCUT2D eigenvalue weighted by molar-refractivity contribution is 6.19. The van der Waals surface area contributed by atoms with Crippen molar-refractivity contribution in [3.05, 3.63) is 71.6 Å². The highest BCUT2D eigenvalue weighted by Gasteiger charge is 2.26. The number of aliphatic hydroxyl groups excluding tert-OH is 1. The van der Waals surface area contributed by atoms with E-state index < -0.39 is 42.3 Å². The maximum Gasteiger partial charge on any atom is 0.322 e. The molecule has 184 valence electrons. The third kappa shape index (κ3) is 7.43. The van der Waals surface area contributed by atoms with Crippen LogP contribution in [0.1, 0.15) is 42.5 Å². The zero-order valence-corrected chi connectivity index (χ0v) is 19.3. The molecule has 1 aliphatic rings. The Morgan fingerprint density at radius 1 is 0.743 bits per heavy atom. The number of aliphatic carboxylic acids is 1. The smallest absolute Gasteiger partial charge is 0.322 e. The van der Waals surface area contributed by atoms with Crippen LogP contribution in [0.2, 0.25) is 0 Å². The van der Waals surface area contributed by atoms with Crippen molar-refractivity contribution in [1.82, 2.24) is 16.0 Å². The third-order valence-corrected chi connectivity index (χ3v) is 5.76. The first-order valence-electron chi connectivity index (χ1n) is 11.5. The molecular weight excluding hydrogens is 450 g/mol.